The van der Waals surface area contributed by atoms with Gasteiger partial charge >= 0.3 is 0 Å². The Morgan fingerprint density at radius 1 is 1.29 bits per heavy atom. The number of ether oxygens (including phenoxy) is 1. The van der Waals surface area contributed by atoms with Crippen LogP contribution in [0, 0.1) is 5.92 Å². The van der Waals surface area contributed by atoms with Gasteiger partial charge in [0.15, 0.2) is 5.78 Å². The molecule has 0 aliphatic carbocycles. The lowest BCUT2D eigenvalue weighted by atomic mass is 10.1. The van der Waals surface area contributed by atoms with E-state index >= 15 is 0 Å². The van der Waals surface area contributed by atoms with Gasteiger partial charge < -0.3 is 4.74 Å². The number of ketones is 1. The molecule has 0 radical (unpaired) electrons. The third kappa shape index (κ3) is 4.08. The zero-order chi connectivity index (χ0) is 10.4. The minimum atomic E-state index is 0.156. The zero-order valence-corrected chi connectivity index (χ0v) is 8.69. The number of carbonyl (C=O) groups is 1. The molecule has 0 atom stereocenters. The number of carbonyl (C=O) groups excluding carboxylic acids is 1. The van der Waals surface area contributed by atoms with Crippen LogP contribution in [-0.2, 0) is 4.79 Å². The Hall–Kier alpha value is -1.31. The molecule has 0 aromatic heterocycles. The Morgan fingerprint density at radius 3 is 2.50 bits per heavy atom. The van der Waals surface area contributed by atoms with Crippen molar-refractivity contribution in [3.8, 4) is 5.75 Å². The van der Waals surface area contributed by atoms with E-state index in [1.807, 2.05) is 44.2 Å². The predicted molar refractivity (Wildman–Crippen MR) is 56.4 cm³/mol. The number of Topliss-reactive ketones (excluding diaryl/α,β-unsaturated/α-hetero) is 1. The average Bonchev–Trinajstić information content (AvgIpc) is 2.15. The molecular weight excluding hydrogens is 176 g/mol. The largest absolute Gasteiger partial charge is 0.486 e. The quantitative estimate of drug-likeness (QED) is 0.717. The number of hydrogen-bond donors (Lipinski definition) is 0. The fourth-order valence-corrected chi connectivity index (χ4v) is 1.19. The van der Waals surface area contributed by atoms with E-state index < -0.39 is 0 Å². The van der Waals surface area contributed by atoms with Crippen molar-refractivity contribution in [3.63, 3.8) is 0 Å². The molecule has 0 fully saturated rings. The summed E-state index contributed by atoms with van der Waals surface area (Å²) in [4.78, 5) is 11.3. The minimum Gasteiger partial charge on any atom is -0.486 e. The highest BCUT2D eigenvalue weighted by Crippen LogP contribution is 2.09. The van der Waals surface area contributed by atoms with Crippen LogP contribution in [0.1, 0.15) is 20.3 Å². The van der Waals surface area contributed by atoms with Gasteiger partial charge in [-0.05, 0) is 18.1 Å². The summed E-state index contributed by atoms with van der Waals surface area (Å²) < 4.78 is 5.32. The Balaban J connectivity index is 2.31. The van der Waals surface area contributed by atoms with Crippen LogP contribution in [0.15, 0.2) is 30.3 Å². The Morgan fingerprint density at radius 2 is 1.93 bits per heavy atom. The van der Waals surface area contributed by atoms with Crippen molar-refractivity contribution >= 4 is 5.78 Å². The number of benzene rings is 1. The summed E-state index contributed by atoms with van der Waals surface area (Å²) in [6.45, 7) is 4.24. The second-order valence-electron chi connectivity index (χ2n) is 3.74. The van der Waals surface area contributed by atoms with Crippen LogP contribution in [-0.4, -0.2) is 12.4 Å². The van der Waals surface area contributed by atoms with E-state index in [1.54, 1.807) is 0 Å². The SMILES string of the molecule is CC(C)CC(=O)COc1ccccc1. The molecule has 0 N–H and O–H groups in total. The van der Waals surface area contributed by atoms with Crippen molar-refractivity contribution in [2.75, 3.05) is 6.61 Å². The first kappa shape index (κ1) is 10.8. The van der Waals surface area contributed by atoms with Crippen molar-refractivity contribution < 1.29 is 9.53 Å². The lowest BCUT2D eigenvalue weighted by molar-refractivity contribution is -0.121. The summed E-state index contributed by atoms with van der Waals surface area (Å²) in [5, 5.41) is 0. The van der Waals surface area contributed by atoms with Crippen LogP contribution < -0.4 is 4.74 Å². The van der Waals surface area contributed by atoms with Gasteiger partial charge in [-0.3, -0.25) is 4.79 Å². The molecule has 0 aliphatic heterocycles. The molecule has 14 heavy (non-hydrogen) atoms. The topological polar surface area (TPSA) is 26.3 Å². The Bertz CT molecular complexity index is 278. The fourth-order valence-electron chi connectivity index (χ4n) is 1.19. The maximum absolute atomic E-state index is 11.3. The van der Waals surface area contributed by atoms with Gasteiger partial charge in [0, 0.05) is 6.42 Å². The van der Waals surface area contributed by atoms with Crippen molar-refractivity contribution in [1.82, 2.24) is 0 Å². The maximum Gasteiger partial charge on any atom is 0.170 e. The van der Waals surface area contributed by atoms with Gasteiger partial charge in [-0.25, -0.2) is 0 Å². The summed E-state index contributed by atoms with van der Waals surface area (Å²) in [6, 6.07) is 9.40. The van der Waals surface area contributed by atoms with Crippen LogP contribution in [0.2, 0.25) is 0 Å². The van der Waals surface area contributed by atoms with E-state index in [-0.39, 0.29) is 12.4 Å². The van der Waals surface area contributed by atoms with Crippen LogP contribution in [0.5, 0.6) is 5.75 Å². The van der Waals surface area contributed by atoms with Crippen molar-refractivity contribution in [2.45, 2.75) is 20.3 Å². The number of rotatable bonds is 5. The van der Waals surface area contributed by atoms with E-state index in [4.69, 9.17) is 4.74 Å². The van der Waals surface area contributed by atoms with E-state index in [0.29, 0.717) is 12.3 Å². The monoisotopic (exact) mass is 192 g/mol. The number of hydrogen-bond acceptors (Lipinski definition) is 2. The molecule has 1 aromatic carbocycles. The van der Waals surface area contributed by atoms with E-state index in [0.717, 1.165) is 5.75 Å². The molecule has 0 saturated heterocycles. The second-order valence-corrected chi connectivity index (χ2v) is 3.74. The molecule has 0 unspecified atom stereocenters. The molecule has 2 heteroatoms. The highest BCUT2D eigenvalue weighted by atomic mass is 16.5. The Kier molecular flexibility index (Phi) is 4.17. The van der Waals surface area contributed by atoms with Gasteiger partial charge in [0.2, 0.25) is 0 Å². The van der Waals surface area contributed by atoms with Crippen molar-refractivity contribution in [1.29, 1.82) is 0 Å². The summed E-state index contributed by atoms with van der Waals surface area (Å²) in [5.74, 6) is 1.32. The first-order chi connectivity index (χ1) is 6.68. The van der Waals surface area contributed by atoms with Gasteiger partial charge in [-0.1, -0.05) is 32.0 Å². The summed E-state index contributed by atoms with van der Waals surface area (Å²) in [5.41, 5.74) is 0. The standard InChI is InChI=1S/C12H16O2/c1-10(2)8-11(13)9-14-12-6-4-3-5-7-12/h3-7,10H,8-9H2,1-2H3. The smallest absolute Gasteiger partial charge is 0.170 e. The third-order valence-electron chi connectivity index (χ3n) is 1.78. The highest BCUT2D eigenvalue weighted by molar-refractivity contribution is 5.80. The molecule has 76 valence electrons. The zero-order valence-electron chi connectivity index (χ0n) is 8.69. The van der Waals surface area contributed by atoms with Crippen molar-refractivity contribution in [2.24, 2.45) is 5.92 Å². The molecule has 1 rings (SSSR count). The van der Waals surface area contributed by atoms with Gasteiger partial charge in [-0.2, -0.15) is 0 Å². The Labute approximate surface area is 84.9 Å². The van der Waals surface area contributed by atoms with Crippen LogP contribution in [0.4, 0.5) is 0 Å². The first-order valence-electron chi connectivity index (χ1n) is 4.88. The van der Waals surface area contributed by atoms with Crippen molar-refractivity contribution in [3.05, 3.63) is 30.3 Å². The highest BCUT2D eigenvalue weighted by Gasteiger charge is 2.05. The normalized spacial score (nSPS) is 10.2. The predicted octanol–water partition coefficient (Wildman–Crippen LogP) is 2.68. The third-order valence-corrected chi connectivity index (χ3v) is 1.78. The first-order valence-corrected chi connectivity index (χ1v) is 4.88. The molecular formula is C12H16O2. The maximum atomic E-state index is 11.3. The average molecular weight is 192 g/mol. The molecule has 1 aromatic rings. The fraction of sp³-hybridized carbons (Fsp3) is 0.417. The van der Waals surface area contributed by atoms with Gasteiger partial charge in [0.25, 0.3) is 0 Å². The minimum absolute atomic E-state index is 0.156. The molecule has 0 aliphatic rings. The van der Waals surface area contributed by atoms with E-state index in [9.17, 15) is 4.79 Å². The van der Waals surface area contributed by atoms with Gasteiger partial charge in [0.05, 0.1) is 0 Å². The van der Waals surface area contributed by atoms with E-state index in [2.05, 4.69) is 0 Å². The summed E-state index contributed by atoms with van der Waals surface area (Å²) >= 11 is 0. The molecule has 0 spiro atoms. The van der Waals surface area contributed by atoms with Gasteiger partial charge in [0.1, 0.15) is 12.4 Å². The summed E-state index contributed by atoms with van der Waals surface area (Å²) in [6.07, 6.45) is 0.590. The molecule has 0 heterocycles. The van der Waals surface area contributed by atoms with Gasteiger partial charge in [-0.15, -0.1) is 0 Å². The molecule has 2 nitrogen and oxygen atoms in total. The second kappa shape index (κ2) is 5.43. The molecule has 0 amide bonds. The lowest BCUT2D eigenvalue weighted by Crippen LogP contribution is -2.13. The molecule has 0 saturated carbocycles. The summed E-state index contributed by atoms with van der Waals surface area (Å²) in [7, 11) is 0. The lowest BCUT2D eigenvalue weighted by Gasteiger charge is -2.06. The van der Waals surface area contributed by atoms with Crippen LogP contribution in [0.25, 0.3) is 0 Å². The molecule has 0 bridgehead atoms. The van der Waals surface area contributed by atoms with E-state index in [1.165, 1.54) is 0 Å². The van der Waals surface area contributed by atoms with Crippen LogP contribution in [0.3, 0.4) is 0 Å². The van der Waals surface area contributed by atoms with Crippen LogP contribution >= 0.6 is 0 Å². The number of para-hydroxylation sites is 1.